The fourth-order valence-electron chi connectivity index (χ4n) is 4.97. The van der Waals surface area contributed by atoms with E-state index in [1.54, 1.807) is 24.8 Å². The minimum Gasteiger partial charge on any atom is -0.386 e. The lowest BCUT2D eigenvalue weighted by Crippen LogP contribution is -2.47. The number of rotatable bonds is 7. The highest BCUT2D eigenvalue weighted by atomic mass is 35.5. The summed E-state index contributed by atoms with van der Waals surface area (Å²) in [5.74, 6) is 0.0741. The van der Waals surface area contributed by atoms with Crippen LogP contribution in [0.5, 0.6) is 0 Å². The molecule has 2 aliphatic rings. The molecule has 1 saturated heterocycles. The SMILES string of the molecule is CC(C)(O)c1ccc2c(c1)C(=O)N(Cc1ccc(Cl)cc1)[C@@]2(OC[C@@H]1CCOC1)c1ccc(Cl)cc1. The Bertz CT molecular complexity index is 1250. The molecule has 5 rings (SSSR count). The van der Waals surface area contributed by atoms with Crippen molar-refractivity contribution in [2.75, 3.05) is 19.8 Å². The van der Waals surface area contributed by atoms with Crippen LogP contribution in [-0.4, -0.2) is 35.7 Å². The van der Waals surface area contributed by atoms with Crippen LogP contribution in [-0.2, 0) is 27.3 Å². The molecule has 36 heavy (non-hydrogen) atoms. The first-order valence-electron chi connectivity index (χ1n) is 12.1. The molecule has 0 saturated carbocycles. The number of aliphatic hydroxyl groups is 1. The largest absolute Gasteiger partial charge is 0.386 e. The monoisotopic (exact) mass is 525 g/mol. The van der Waals surface area contributed by atoms with Gasteiger partial charge in [-0.15, -0.1) is 0 Å². The van der Waals surface area contributed by atoms with Crippen molar-refractivity contribution in [1.82, 2.24) is 4.90 Å². The molecule has 0 aromatic heterocycles. The maximum Gasteiger partial charge on any atom is 0.257 e. The second-order valence-electron chi connectivity index (χ2n) is 10.0. The first kappa shape index (κ1) is 25.2. The quantitative estimate of drug-likeness (QED) is 0.403. The van der Waals surface area contributed by atoms with Crippen LogP contribution < -0.4 is 0 Å². The zero-order valence-corrected chi connectivity index (χ0v) is 21.9. The number of ether oxygens (including phenoxy) is 2. The van der Waals surface area contributed by atoms with E-state index in [-0.39, 0.29) is 11.8 Å². The molecule has 0 radical (unpaired) electrons. The van der Waals surface area contributed by atoms with Gasteiger partial charge in [0.15, 0.2) is 5.72 Å². The van der Waals surface area contributed by atoms with Gasteiger partial charge in [-0.3, -0.25) is 9.69 Å². The molecule has 2 aliphatic heterocycles. The highest BCUT2D eigenvalue weighted by Crippen LogP contribution is 2.47. The van der Waals surface area contributed by atoms with Crippen LogP contribution in [0.4, 0.5) is 0 Å². The van der Waals surface area contributed by atoms with E-state index in [0.29, 0.717) is 47.5 Å². The van der Waals surface area contributed by atoms with E-state index in [1.165, 1.54) is 0 Å². The first-order valence-corrected chi connectivity index (χ1v) is 12.9. The summed E-state index contributed by atoms with van der Waals surface area (Å²) in [5, 5.41) is 11.9. The van der Waals surface area contributed by atoms with Crippen molar-refractivity contribution in [2.45, 2.75) is 38.1 Å². The molecule has 0 aliphatic carbocycles. The van der Waals surface area contributed by atoms with Crippen LogP contribution in [0.2, 0.25) is 10.0 Å². The van der Waals surface area contributed by atoms with E-state index in [2.05, 4.69) is 0 Å². The maximum atomic E-state index is 14.1. The molecule has 3 aromatic carbocycles. The van der Waals surface area contributed by atoms with E-state index < -0.39 is 11.3 Å². The molecular formula is C29H29Cl2NO4. The third-order valence-corrected chi connectivity index (χ3v) is 7.49. The smallest absolute Gasteiger partial charge is 0.257 e. The zero-order valence-electron chi connectivity index (χ0n) is 20.3. The van der Waals surface area contributed by atoms with Gasteiger partial charge in [0.05, 0.1) is 18.8 Å². The molecule has 0 unspecified atom stereocenters. The molecule has 0 bridgehead atoms. The Kier molecular flexibility index (Phi) is 6.88. The Hall–Kier alpha value is -2.41. The normalized spacial score (nSPS) is 21.8. The van der Waals surface area contributed by atoms with Gasteiger partial charge >= 0.3 is 0 Å². The van der Waals surface area contributed by atoms with Crippen molar-refractivity contribution in [3.8, 4) is 0 Å². The van der Waals surface area contributed by atoms with Crippen LogP contribution in [0.15, 0.2) is 66.7 Å². The summed E-state index contributed by atoms with van der Waals surface area (Å²) in [6, 6.07) is 20.5. The van der Waals surface area contributed by atoms with Gasteiger partial charge in [-0.1, -0.05) is 59.6 Å². The molecule has 5 nitrogen and oxygen atoms in total. The van der Waals surface area contributed by atoms with Crippen LogP contribution in [0.3, 0.4) is 0 Å². The Morgan fingerprint density at radius 1 is 1.06 bits per heavy atom. The predicted octanol–water partition coefficient (Wildman–Crippen LogP) is 6.13. The molecule has 3 aromatic rings. The van der Waals surface area contributed by atoms with Crippen molar-refractivity contribution >= 4 is 29.1 Å². The molecule has 2 heterocycles. The summed E-state index contributed by atoms with van der Waals surface area (Å²) < 4.78 is 12.4. The second-order valence-corrected chi connectivity index (χ2v) is 10.9. The number of carbonyl (C=O) groups is 1. The Labute approximate surface area is 221 Å². The molecule has 0 spiro atoms. The summed E-state index contributed by atoms with van der Waals surface area (Å²) in [7, 11) is 0. The van der Waals surface area contributed by atoms with Gasteiger partial charge in [-0.2, -0.15) is 0 Å². The number of hydrogen-bond acceptors (Lipinski definition) is 4. The standard InChI is InChI=1S/C29H29Cl2NO4/c1-28(2,34)22-7-12-26-25(15-22)27(33)32(16-19-3-8-23(30)9-4-19)29(26,21-5-10-24(31)11-6-21)36-18-20-13-14-35-17-20/h3-12,15,20,34H,13-14,16-18H2,1-2H3/t20-,29-/m1/s1. The third kappa shape index (κ3) is 4.67. The summed E-state index contributed by atoms with van der Waals surface area (Å²) in [6.45, 7) is 5.50. The number of nitrogens with zero attached hydrogens (tertiary/aromatic N) is 1. The third-order valence-electron chi connectivity index (χ3n) is 6.99. The van der Waals surface area contributed by atoms with Gasteiger partial charge in [-0.25, -0.2) is 0 Å². The molecule has 188 valence electrons. The van der Waals surface area contributed by atoms with Crippen molar-refractivity contribution in [1.29, 1.82) is 0 Å². The highest BCUT2D eigenvalue weighted by molar-refractivity contribution is 6.30. The molecule has 1 fully saturated rings. The Balaban J connectivity index is 1.68. The van der Waals surface area contributed by atoms with Gasteiger partial charge in [0.25, 0.3) is 5.91 Å². The summed E-state index contributed by atoms with van der Waals surface area (Å²) in [6.07, 6.45) is 0.909. The maximum absolute atomic E-state index is 14.1. The van der Waals surface area contributed by atoms with Crippen molar-refractivity contribution in [3.05, 3.63) is 105 Å². The number of hydrogen-bond donors (Lipinski definition) is 1. The minimum atomic E-state index is -1.17. The van der Waals surface area contributed by atoms with Crippen molar-refractivity contribution < 1.29 is 19.4 Å². The molecule has 1 amide bonds. The van der Waals surface area contributed by atoms with Crippen molar-refractivity contribution in [3.63, 3.8) is 0 Å². The van der Waals surface area contributed by atoms with Gasteiger partial charge in [0, 0.05) is 45.8 Å². The molecule has 1 N–H and O–H groups in total. The summed E-state index contributed by atoms with van der Waals surface area (Å²) in [4.78, 5) is 15.9. The van der Waals surface area contributed by atoms with Crippen LogP contribution in [0, 0.1) is 5.92 Å². The Morgan fingerprint density at radius 2 is 1.72 bits per heavy atom. The van der Waals surface area contributed by atoms with Crippen LogP contribution >= 0.6 is 23.2 Å². The van der Waals surface area contributed by atoms with Crippen LogP contribution in [0.1, 0.15) is 52.9 Å². The zero-order chi connectivity index (χ0) is 25.5. The van der Waals surface area contributed by atoms with Gasteiger partial charge in [0.1, 0.15) is 0 Å². The van der Waals surface area contributed by atoms with E-state index in [1.807, 2.05) is 60.7 Å². The lowest BCUT2D eigenvalue weighted by Gasteiger charge is -2.40. The minimum absolute atomic E-state index is 0.163. The second kappa shape index (κ2) is 9.81. The number of amides is 1. The van der Waals surface area contributed by atoms with Crippen LogP contribution in [0.25, 0.3) is 0 Å². The summed E-state index contributed by atoms with van der Waals surface area (Å²) in [5.41, 5.74) is 1.40. The average Bonchev–Trinajstić information content (AvgIpc) is 3.45. The number of fused-ring (bicyclic) bond motifs is 1. The molecule has 2 atom stereocenters. The van der Waals surface area contributed by atoms with Gasteiger partial charge in [-0.05, 0) is 61.7 Å². The van der Waals surface area contributed by atoms with Gasteiger partial charge in [0.2, 0.25) is 0 Å². The number of benzene rings is 3. The topological polar surface area (TPSA) is 59.0 Å². The van der Waals surface area contributed by atoms with E-state index >= 15 is 0 Å². The van der Waals surface area contributed by atoms with E-state index in [0.717, 1.165) is 23.1 Å². The lowest BCUT2D eigenvalue weighted by molar-refractivity contribution is -0.121. The number of halogens is 2. The fourth-order valence-corrected chi connectivity index (χ4v) is 5.22. The highest BCUT2D eigenvalue weighted by Gasteiger charge is 2.52. The molecular weight excluding hydrogens is 497 g/mol. The molecule has 7 heteroatoms. The summed E-state index contributed by atoms with van der Waals surface area (Å²) >= 11 is 12.4. The van der Waals surface area contributed by atoms with Crippen molar-refractivity contribution in [2.24, 2.45) is 5.92 Å². The van der Waals surface area contributed by atoms with E-state index in [4.69, 9.17) is 32.7 Å². The predicted molar refractivity (Wildman–Crippen MR) is 140 cm³/mol. The average molecular weight is 526 g/mol. The fraction of sp³-hybridized carbons (Fsp3) is 0.345. The van der Waals surface area contributed by atoms with E-state index in [9.17, 15) is 9.90 Å². The number of carbonyl (C=O) groups excluding carboxylic acids is 1. The lowest BCUT2D eigenvalue weighted by atomic mass is 9.89. The first-order chi connectivity index (χ1) is 17.2. The van der Waals surface area contributed by atoms with Gasteiger partial charge < -0.3 is 14.6 Å². The Morgan fingerprint density at radius 3 is 2.33 bits per heavy atom.